The molecule has 0 amide bonds. The maximum absolute atomic E-state index is 4.51. The summed E-state index contributed by atoms with van der Waals surface area (Å²) in [5.74, 6) is 1.04. The number of hydrogen-bond acceptors (Lipinski definition) is 3. The Morgan fingerprint density at radius 1 is 1.50 bits per heavy atom. The first-order valence-corrected chi connectivity index (χ1v) is 5.58. The molecule has 0 aliphatic carbocycles. The van der Waals surface area contributed by atoms with Crippen LogP contribution in [-0.2, 0) is 13.0 Å². The molecule has 2 aromatic rings. The Hall–Kier alpha value is -1.16. The number of aromatic nitrogens is 3. The van der Waals surface area contributed by atoms with Crippen LogP contribution in [0.5, 0.6) is 0 Å². The molecule has 14 heavy (non-hydrogen) atoms. The van der Waals surface area contributed by atoms with Crippen LogP contribution in [0.3, 0.4) is 0 Å². The van der Waals surface area contributed by atoms with Crippen LogP contribution in [0.4, 0.5) is 0 Å². The van der Waals surface area contributed by atoms with Crippen molar-refractivity contribution in [2.45, 2.75) is 26.8 Å². The molecule has 0 saturated heterocycles. The molecule has 2 heterocycles. The second-order valence-electron chi connectivity index (χ2n) is 3.19. The highest BCUT2D eigenvalue weighted by atomic mass is 32.1. The van der Waals surface area contributed by atoms with Gasteiger partial charge in [-0.15, -0.1) is 11.3 Å². The number of imidazole rings is 1. The van der Waals surface area contributed by atoms with E-state index < -0.39 is 0 Å². The van der Waals surface area contributed by atoms with Gasteiger partial charge in [0.15, 0.2) is 0 Å². The monoisotopic (exact) mass is 207 g/mol. The average Bonchev–Trinajstić information content (AvgIpc) is 2.77. The van der Waals surface area contributed by atoms with E-state index in [2.05, 4.69) is 26.8 Å². The topological polar surface area (TPSA) is 30.7 Å². The number of thiazole rings is 1. The molecule has 0 bridgehead atoms. The summed E-state index contributed by atoms with van der Waals surface area (Å²) < 4.78 is 2.11. The molecule has 2 aromatic heterocycles. The first kappa shape index (κ1) is 9.40. The van der Waals surface area contributed by atoms with E-state index in [4.69, 9.17) is 0 Å². The third-order valence-electron chi connectivity index (χ3n) is 2.16. The van der Waals surface area contributed by atoms with Gasteiger partial charge in [-0.2, -0.15) is 0 Å². The van der Waals surface area contributed by atoms with Gasteiger partial charge in [0.1, 0.15) is 5.82 Å². The smallest absolute Gasteiger partial charge is 0.105 e. The minimum absolute atomic E-state index is 0.836. The Morgan fingerprint density at radius 2 is 2.36 bits per heavy atom. The van der Waals surface area contributed by atoms with E-state index in [9.17, 15) is 0 Å². The van der Waals surface area contributed by atoms with Gasteiger partial charge >= 0.3 is 0 Å². The molecule has 0 atom stereocenters. The molecule has 0 aliphatic rings. The maximum atomic E-state index is 4.51. The third-order valence-corrected chi connectivity index (χ3v) is 3.20. The summed E-state index contributed by atoms with van der Waals surface area (Å²) in [6.07, 6.45) is 4.83. The van der Waals surface area contributed by atoms with Gasteiger partial charge in [-0.1, -0.05) is 6.92 Å². The zero-order valence-corrected chi connectivity index (χ0v) is 9.21. The van der Waals surface area contributed by atoms with Crippen molar-refractivity contribution in [2.75, 3.05) is 0 Å². The lowest BCUT2D eigenvalue weighted by molar-refractivity contribution is 0.743. The van der Waals surface area contributed by atoms with E-state index >= 15 is 0 Å². The zero-order valence-electron chi connectivity index (χ0n) is 8.40. The lowest BCUT2D eigenvalue weighted by Gasteiger charge is -2.00. The Kier molecular flexibility index (Phi) is 2.63. The van der Waals surface area contributed by atoms with Crippen LogP contribution in [0.2, 0.25) is 0 Å². The van der Waals surface area contributed by atoms with E-state index in [1.807, 2.05) is 19.3 Å². The van der Waals surface area contributed by atoms with Crippen LogP contribution >= 0.6 is 11.3 Å². The molecule has 0 spiro atoms. The fourth-order valence-electron chi connectivity index (χ4n) is 1.33. The van der Waals surface area contributed by atoms with Crippen LogP contribution in [0.25, 0.3) is 0 Å². The van der Waals surface area contributed by atoms with E-state index in [0.29, 0.717) is 0 Å². The summed E-state index contributed by atoms with van der Waals surface area (Å²) in [5.41, 5.74) is 1.13. The molecule has 0 radical (unpaired) electrons. The Balaban J connectivity index is 2.15. The lowest BCUT2D eigenvalue weighted by atomic mass is 10.4. The molecule has 2 rings (SSSR count). The van der Waals surface area contributed by atoms with Crippen LogP contribution in [0, 0.1) is 6.92 Å². The van der Waals surface area contributed by atoms with Crippen molar-refractivity contribution in [3.63, 3.8) is 0 Å². The molecule has 0 aliphatic heterocycles. The van der Waals surface area contributed by atoms with E-state index in [-0.39, 0.29) is 0 Å². The highest BCUT2D eigenvalue weighted by Gasteiger charge is 2.02. The van der Waals surface area contributed by atoms with Gasteiger partial charge < -0.3 is 4.57 Å². The van der Waals surface area contributed by atoms with Crippen molar-refractivity contribution in [1.29, 1.82) is 0 Å². The molecular formula is C10H13N3S. The van der Waals surface area contributed by atoms with Crippen LogP contribution in [0.15, 0.2) is 17.8 Å². The predicted octanol–water partition coefficient (Wildman–Crippen LogP) is 2.26. The van der Waals surface area contributed by atoms with Gasteiger partial charge in [0, 0.05) is 17.8 Å². The largest absolute Gasteiger partial charge is 0.329 e. The Bertz CT molecular complexity index is 416. The van der Waals surface area contributed by atoms with Gasteiger partial charge in [-0.05, 0) is 13.3 Å². The SMILES string of the molecule is CCc1nc(Cn2ccnc2C)cs1. The summed E-state index contributed by atoms with van der Waals surface area (Å²) in [7, 11) is 0. The van der Waals surface area contributed by atoms with Crippen molar-refractivity contribution in [3.05, 3.63) is 34.3 Å². The van der Waals surface area contributed by atoms with E-state index in [1.54, 1.807) is 11.3 Å². The van der Waals surface area contributed by atoms with Crippen molar-refractivity contribution in [1.82, 2.24) is 14.5 Å². The summed E-state index contributed by atoms with van der Waals surface area (Å²) in [4.78, 5) is 8.69. The fourth-order valence-corrected chi connectivity index (χ4v) is 2.07. The van der Waals surface area contributed by atoms with Crippen molar-refractivity contribution >= 4 is 11.3 Å². The maximum Gasteiger partial charge on any atom is 0.105 e. The molecule has 0 saturated carbocycles. The molecule has 0 fully saturated rings. The average molecular weight is 207 g/mol. The lowest BCUT2D eigenvalue weighted by Crippen LogP contribution is -2.01. The Morgan fingerprint density at radius 3 is 2.93 bits per heavy atom. The van der Waals surface area contributed by atoms with Crippen molar-refractivity contribution in [3.8, 4) is 0 Å². The van der Waals surface area contributed by atoms with Gasteiger partial charge in [-0.3, -0.25) is 0 Å². The second kappa shape index (κ2) is 3.92. The first-order valence-electron chi connectivity index (χ1n) is 4.70. The normalized spacial score (nSPS) is 10.7. The molecule has 4 heteroatoms. The molecule has 74 valence electrons. The molecule has 0 N–H and O–H groups in total. The van der Waals surface area contributed by atoms with E-state index in [1.165, 1.54) is 5.01 Å². The van der Waals surface area contributed by atoms with Gasteiger partial charge in [0.2, 0.25) is 0 Å². The predicted molar refractivity (Wildman–Crippen MR) is 57.6 cm³/mol. The van der Waals surface area contributed by atoms with Gasteiger partial charge in [-0.25, -0.2) is 9.97 Å². The standard InChI is InChI=1S/C10H13N3S/c1-3-10-12-9(7-14-10)6-13-5-4-11-8(13)2/h4-5,7H,3,6H2,1-2H3. The number of rotatable bonds is 3. The number of hydrogen-bond donors (Lipinski definition) is 0. The van der Waals surface area contributed by atoms with Crippen molar-refractivity contribution in [2.24, 2.45) is 0 Å². The van der Waals surface area contributed by atoms with Crippen LogP contribution in [0.1, 0.15) is 23.4 Å². The Labute approximate surface area is 87.4 Å². The highest BCUT2D eigenvalue weighted by molar-refractivity contribution is 7.09. The molecule has 0 unspecified atom stereocenters. The summed E-state index contributed by atoms with van der Waals surface area (Å²) in [6.45, 7) is 4.97. The summed E-state index contributed by atoms with van der Waals surface area (Å²) >= 11 is 1.73. The fraction of sp³-hybridized carbons (Fsp3) is 0.400. The number of aryl methyl sites for hydroxylation is 2. The minimum Gasteiger partial charge on any atom is -0.329 e. The zero-order chi connectivity index (χ0) is 9.97. The van der Waals surface area contributed by atoms with Crippen molar-refractivity contribution < 1.29 is 0 Å². The summed E-state index contributed by atoms with van der Waals surface area (Å²) in [6, 6.07) is 0. The summed E-state index contributed by atoms with van der Waals surface area (Å²) in [5, 5.41) is 3.33. The van der Waals surface area contributed by atoms with Gasteiger partial charge in [0.05, 0.1) is 17.2 Å². The molecular weight excluding hydrogens is 194 g/mol. The molecule has 0 aromatic carbocycles. The number of nitrogens with zero attached hydrogens (tertiary/aromatic N) is 3. The quantitative estimate of drug-likeness (QED) is 0.773. The van der Waals surface area contributed by atoms with Crippen LogP contribution in [-0.4, -0.2) is 14.5 Å². The first-order chi connectivity index (χ1) is 6.79. The van der Waals surface area contributed by atoms with Gasteiger partial charge in [0.25, 0.3) is 0 Å². The second-order valence-corrected chi connectivity index (χ2v) is 4.13. The third kappa shape index (κ3) is 1.85. The highest BCUT2D eigenvalue weighted by Crippen LogP contribution is 2.11. The van der Waals surface area contributed by atoms with E-state index in [0.717, 1.165) is 24.5 Å². The minimum atomic E-state index is 0.836. The van der Waals surface area contributed by atoms with Crippen LogP contribution < -0.4 is 0 Å². The molecule has 3 nitrogen and oxygen atoms in total.